The topological polar surface area (TPSA) is 85.5 Å². The molecule has 2 aromatic carbocycles. The van der Waals surface area contributed by atoms with E-state index in [2.05, 4.69) is 9.98 Å². The summed E-state index contributed by atoms with van der Waals surface area (Å²) in [5.74, 6) is -0.957. The summed E-state index contributed by atoms with van der Waals surface area (Å²) in [5, 5.41) is 12.8. The number of hydrogen-bond acceptors (Lipinski definition) is 5. The number of thioether (sulfide) groups is 1. The van der Waals surface area contributed by atoms with Gasteiger partial charge in [-0.15, -0.1) is 0 Å². The van der Waals surface area contributed by atoms with Crippen molar-refractivity contribution in [1.29, 1.82) is 0 Å². The number of nitro groups is 1. The Hall–Kier alpha value is -3.06. The van der Waals surface area contributed by atoms with Gasteiger partial charge in [-0.1, -0.05) is 66.4 Å². The molecule has 0 N–H and O–H groups in total. The number of para-hydroxylation sites is 1. The monoisotopic (exact) mass is 391 g/mol. The molecule has 0 spiro atoms. The van der Waals surface area contributed by atoms with Crippen LogP contribution in [0.2, 0.25) is 0 Å². The Morgan fingerprint density at radius 3 is 2.54 bits per heavy atom. The Bertz CT molecular complexity index is 1100. The lowest BCUT2D eigenvalue weighted by molar-refractivity contribution is -0.483. The van der Waals surface area contributed by atoms with Crippen molar-refractivity contribution in [2.24, 2.45) is 4.99 Å². The maximum atomic E-state index is 12.9. The smallest absolute Gasteiger partial charge is 0.264 e. The van der Waals surface area contributed by atoms with E-state index in [1.54, 1.807) is 6.92 Å². The average molecular weight is 391 g/mol. The molecule has 28 heavy (non-hydrogen) atoms. The maximum absolute atomic E-state index is 12.9. The Morgan fingerprint density at radius 2 is 1.79 bits per heavy atom. The highest BCUT2D eigenvalue weighted by atomic mass is 32.2. The van der Waals surface area contributed by atoms with E-state index in [-0.39, 0.29) is 17.4 Å². The number of fused-ring (bicyclic) bond motifs is 1. The van der Waals surface area contributed by atoms with E-state index in [9.17, 15) is 14.9 Å². The second-order valence-corrected chi connectivity index (χ2v) is 8.24. The maximum Gasteiger partial charge on any atom is 0.264 e. The molecule has 1 aromatic heterocycles. The highest BCUT2D eigenvalue weighted by Gasteiger charge is 2.50. The SMILES string of the molecule is C[C@]1([C@H](C[N+](=O)[O-])c2ccccc2)SC(c2ccc3ccccc3n2)=NC1=O. The summed E-state index contributed by atoms with van der Waals surface area (Å²) in [6.45, 7) is 1.39. The predicted molar refractivity (Wildman–Crippen MR) is 110 cm³/mol. The zero-order valence-corrected chi connectivity index (χ0v) is 15.9. The number of carbonyl (C=O) groups excluding carboxylic acids is 1. The Balaban J connectivity index is 1.70. The van der Waals surface area contributed by atoms with Gasteiger partial charge < -0.3 is 0 Å². The first kappa shape index (κ1) is 18.3. The molecule has 140 valence electrons. The van der Waals surface area contributed by atoms with Crippen molar-refractivity contribution in [3.05, 3.63) is 88.1 Å². The number of carbonyl (C=O) groups is 1. The number of benzene rings is 2. The molecular weight excluding hydrogens is 374 g/mol. The van der Waals surface area contributed by atoms with Gasteiger partial charge in [0, 0.05) is 10.3 Å². The summed E-state index contributed by atoms with van der Waals surface area (Å²) in [5.41, 5.74) is 2.17. The van der Waals surface area contributed by atoms with Crippen LogP contribution < -0.4 is 0 Å². The molecule has 3 aromatic rings. The van der Waals surface area contributed by atoms with Gasteiger partial charge in [-0.25, -0.2) is 9.98 Å². The van der Waals surface area contributed by atoms with E-state index < -0.39 is 10.7 Å². The number of nitrogens with zero attached hydrogens (tertiary/aromatic N) is 3. The van der Waals surface area contributed by atoms with E-state index in [1.165, 1.54) is 11.8 Å². The van der Waals surface area contributed by atoms with Crippen LogP contribution in [0, 0.1) is 10.1 Å². The van der Waals surface area contributed by atoms with Crippen molar-refractivity contribution in [3.8, 4) is 0 Å². The Labute approximate surface area is 165 Å². The normalized spacial score (nSPS) is 20.2. The molecule has 0 aliphatic carbocycles. The zero-order chi connectivity index (χ0) is 19.7. The van der Waals surface area contributed by atoms with Crippen LogP contribution in [-0.4, -0.2) is 32.1 Å². The first-order valence-corrected chi connectivity index (χ1v) is 9.64. The minimum atomic E-state index is -1.06. The van der Waals surface area contributed by atoms with E-state index >= 15 is 0 Å². The largest absolute Gasteiger partial charge is 0.271 e. The summed E-state index contributed by atoms with van der Waals surface area (Å²) >= 11 is 1.26. The van der Waals surface area contributed by atoms with Crippen molar-refractivity contribution in [2.45, 2.75) is 17.6 Å². The molecule has 4 rings (SSSR count). The summed E-state index contributed by atoms with van der Waals surface area (Å²) < 4.78 is -1.06. The number of rotatable bonds is 5. The van der Waals surface area contributed by atoms with Crippen LogP contribution in [-0.2, 0) is 4.79 Å². The van der Waals surface area contributed by atoms with E-state index in [0.717, 1.165) is 16.5 Å². The first-order valence-electron chi connectivity index (χ1n) is 8.82. The molecule has 0 radical (unpaired) electrons. The molecule has 0 saturated carbocycles. The Kier molecular flexibility index (Phi) is 4.68. The van der Waals surface area contributed by atoms with Crippen molar-refractivity contribution in [2.75, 3.05) is 6.54 Å². The standard InChI is InChI=1S/C21H17N3O3S/c1-21(16(13-24(26)27)14-7-3-2-4-8-14)20(25)23-19(28-21)18-12-11-15-9-5-6-10-17(15)22-18/h2-12,16H,13H2,1H3/t16-,21-/m1/s1. The highest BCUT2D eigenvalue weighted by molar-refractivity contribution is 8.16. The van der Waals surface area contributed by atoms with E-state index in [4.69, 9.17) is 0 Å². The second kappa shape index (κ2) is 7.16. The number of aliphatic imine (C=N–C) groups is 1. The third-order valence-electron chi connectivity index (χ3n) is 4.95. The highest BCUT2D eigenvalue weighted by Crippen LogP contribution is 2.46. The van der Waals surface area contributed by atoms with Gasteiger partial charge in [-0.2, -0.15) is 0 Å². The fourth-order valence-corrected chi connectivity index (χ4v) is 4.65. The fourth-order valence-electron chi connectivity index (χ4n) is 3.42. The number of aromatic nitrogens is 1. The average Bonchev–Trinajstić information content (AvgIpc) is 3.02. The van der Waals surface area contributed by atoms with Crippen molar-refractivity contribution < 1.29 is 9.72 Å². The molecule has 1 aliphatic heterocycles. The van der Waals surface area contributed by atoms with E-state index in [1.807, 2.05) is 66.7 Å². The van der Waals surface area contributed by atoms with Gasteiger partial charge in [0.2, 0.25) is 6.54 Å². The van der Waals surface area contributed by atoms with Crippen LogP contribution in [0.25, 0.3) is 10.9 Å². The lowest BCUT2D eigenvalue weighted by atomic mass is 9.86. The molecule has 0 saturated heterocycles. The molecule has 2 atom stereocenters. The van der Waals surface area contributed by atoms with Gasteiger partial charge in [0.05, 0.1) is 17.1 Å². The van der Waals surface area contributed by atoms with Gasteiger partial charge in [-0.3, -0.25) is 14.9 Å². The minimum absolute atomic E-state index is 0.340. The summed E-state index contributed by atoms with van der Waals surface area (Å²) in [6, 6.07) is 20.6. The molecule has 7 heteroatoms. The van der Waals surface area contributed by atoms with Crippen molar-refractivity contribution in [1.82, 2.24) is 4.98 Å². The van der Waals surface area contributed by atoms with Crippen LogP contribution in [0.4, 0.5) is 0 Å². The second-order valence-electron chi connectivity index (χ2n) is 6.80. The minimum Gasteiger partial charge on any atom is -0.271 e. The molecule has 2 heterocycles. The van der Waals surface area contributed by atoms with Gasteiger partial charge in [0.15, 0.2) is 0 Å². The zero-order valence-electron chi connectivity index (χ0n) is 15.1. The fraction of sp³-hybridized carbons (Fsp3) is 0.190. The Morgan fingerprint density at radius 1 is 1.07 bits per heavy atom. The quantitative estimate of drug-likeness (QED) is 0.483. The van der Waals surface area contributed by atoms with Crippen LogP contribution in [0.3, 0.4) is 0 Å². The summed E-state index contributed by atoms with van der Waals surface area (Å²) in [4.78, 5) is 32.7. The van der Waals surface area contributed by atoms with E-state index in [0.29, 0.717) is 10.7 Å². The number of pyridine rings is 1. The van der Waals surface area contributed by atoms with Gasteiger partial charge in [0.1, 0.15) is 9.79 Å². The lowest BCUT2D eigenvalue weighted by Gasteiger charge is -2.28. The van der Waals surface area contributed by atoms with Crippen LogP contribution in [0.5, 0.6) is 0 Å². The molecule has 0 bridgehead atoms. The summed E-state index contributed by atoms with van der Waals surface area (Å²) in [6.07, 6.45) is 0. The van der Waals surface area contributed by atoms with Gasteiger partial charge >= 0.3 is 0 Å². The van der Waals surface area contributed by atoms with Crippen molar-refractivity contribution >= 4 is 33.6 Å². The molecule has 1 aliphatic rings. The third kappa shape index (κ3) is 3.29. The molecule has 0 fully saturated rings. The van der Waals surface area contributed by atoms with Crippen LogP contribution >= 0.6 is 11.8 Å². The third-order valence-corrected chi connectivity index (χ3v) is 6.33. The number of amides is 1. The summed E-state index contributed by atoms with van der Waals surface area (Å²) in [7, 11) is 0. The molecule has 0 unspecified atom stereocenters. The van der Waals surface area contributed by atoms with Gasteiger partial charge in [-0.05, 0) is 24.6 Å². The lowest BCUT2D eigenvalue weighted by Crippen LogP contribution is -2.38. The van der Waals surface area contributed by atoms with Gasteiger partial charge in [0.25, 0.3) is 5.91 Å². The van der Waals surface area contributed by atoms with Crippen molar-refractivity contribution in [3.63, 3.8) is 0 Å². The van der Waals surface area contributed by atoms with Crippen LogP contribution in [0.15, 0.2) is 71.7 Å². The molecule has 1 amide bonds. The molecular formula is C21H17N3O3S. The number of hydrogen-bond donors (Lipinski definition) is 0. The molecule has 6 nitrogen and oxygen atoms in total. The predicted octanol–water partition coefficient (Wildman–Crippen LogP) is 4.07. The first-order chi connectivity index (χ1) is 13.5. The van der Waals surface area contributed by atoms with Crippen LogP contribution in [0.1, 0.15) is 24.1 Å².